The minimum Gasteiger partial charge on any atom is -0.375 e. The van der Waals surface area contributed by atoms with Gasteiger partial charge < -0.3 is 14.2 Å². The summed E-state index contributed by atoms with van der Waals surface area (Å²) in [6.07, 6.45) is 2.99. The van der Waals surface area contributed by atoms with E-state index in [4.69, 9.17) is 4.74 Å². The molecule has 0 bridgehead atoms. The fourth-order valence-electron chi connectivity index (χ4n) is 2.49. The smallest absolute Gasteiger partial charge is 0.270 e. The summed E-state index contributed by atoms with van der Waals surface area (Å²) < 4.78 is 8.59. The molecule has 4 nitrogen and oxygen atoms in total. The number of morpholine rings is 1. The summed E-state index contributed by atoms with van der Waals surface area (Å²) >= 11 is 3.44. The zero-order valence-electron chi connectivity index (χ0n) is 11.7. The summed E-state index contributed by atoms with van der Waals surface area (Å²) in [4.78, 5) is 14.7. The molecule has 1 aliphatic rings. The Labute approximate surface area is 122 Å². The molecular formula is C14H21BrN2O2. The number of ether oxygens (including phenoxy) is 1. The number of rotatable bonds is 3. The van der Waals surface area contributed by atoms with E-state index in [1.807, 2.05) is 35.6 Å². The van der Waals surface area contributed by atoms with E-state index in [-0.39, 0.29) is 18.1 Å². The van der Waals surface area contributed by atoms with Gasteiger partial charge in [-0.05, 0) is 42.3 Å². The molecule has 0 radical (unpaired) electrons. The Morgan fingerprint density at radius 2 is 2.26 bits per heavy atom. The highest BCUT2D eigenvalue weighted by atomic mass is 79.9. The molecule has 2 atom stereocenters. The first-order valence-corrected chi connectivity index (χ1v) is 7.64. The number of aryl methyl sites for hydroxylation is 1. The lowest BCUT2D eigenvalue weighted by atomic mass is 10.1. The number of halogens is 1. The second-order valence-corrected chi connectivity index (χ2v) is 5.91. The van der Waals surface area contributed by atoms with Crippen LogP contribution in [0.3, 0.4) is 0 Å². The number of aromatic nitrogens is 1. The number of amides is 1. The molecule has 0 N–H and O–H groups in total. The maximum Gasteiger partial charge on any atom is 0.270 e. The van der Waals surface area contributed by atoms with Crippen LogP contribution in [0.2, 0.25) is 0 Å². The first kappa shape index (κ1) is 14.6. The molecule has 1 amide bonds. The molecule has 0 aliphatic carbocycles. The number of carbonyl (C=O) groups is 1. The van der Waals surface area contributed by atoms with Gasteiger partial charge in [-0.15, -0.1) is 0 Å². The predicted molar refractivity (Wildman–Crippen MR) is 78.3 cm³/mol. The molecule has 1 fully saturated rings. The van der Waals surface area contributed by atoms with Crippen molar-refractivity contribution in [3.8, 4) is 0 Å². The minimum atomic E-state index is 0.106. The first-order chi connectivity index (χ1) is 9.06. The molecule has 0 saturated carbocycles. The van der Waals surface area contributed by atoms with Crippen LogP contribution < -0.4 is 0 Å². The van der Waals surface area contributed by atoms with E-state index in [1.54, 1.807) is 0 Å². The van der Waals surface area contributed by atoms with Crippen LogP contribution in [0.5, 0.6) is 0 Å². The average Bonchev–Trinajstić information content (AvgIpc) is 2.79. The third-order valence-corrected chi connectivity index (χ3v) is 4.06. The van der Waals surface area contributed by atoms with Crippen LogP contribution >= 0.6 is 15.9 Å². The van der Waals surface area contributed by atoms with Crippen LogP contribution in [0.1, 0.15) is 37.7 Å². The van der Waals surface area contributed by atoms with Crippen molar-refractivity contribution in [2.45, 2.75) is 45.9 Å². The largest absolute Gasteiger partial charge is 0.375 e. The van der Waals surface area contributed by atoms with Crippen LogP contribution in [0.15, 0.2) is 16.7 Å². The fraction of sp³-hybridized carbons (Fsp3) is 0.643. The van der Waals surface area contributed by atoms with Crippen LogP contribution in [-0.4, -0.2) is 40.7 Å². The summed E-state index contributed by atoms with van der Waals surface area (Å²) in [6.45, 7) is 8.26. The molecule has 2 rings (SSSR count). The van der Waals surface area contributed by atoms with Gasteiger partial charge in [0.25, 0.3) is 5.91 Å². The predicted octanol–water partition coefficient (Wildman–Crippen LogP) is 2.91. The molecule has 2 unspecified atom stereocenters. The van der Waals surface area contributed by atoms with E-state index < -0.39 is 0 Å². The normalized spacial score (nSPS) is 23.7. The van der Waals surface area contributed by atoms with Gasteiger partial charge in [0.15, 0.2) is 0 Å². The molecule has 106 valence electrons. The molecular weight excluding hydrogens is 308 g/mol. The van der Waals surface area contributed by atoms with Crippen molar-refractivity contribution in [2.75, 3.05) is 13.2 Å². The van der Waals surface area contributed by atoms with Gasteiger partial charge in [0.05, 0.1) is 18.8 Å². The van der Waals surface area contributed by atoms with Crippen LogP contribution in [-0.2, 0) is 11.3 Å². The van der Waals surface area contributed by atoms with Crippen LogP contribution in [0.4, 0.5) is 0 Å². The van der Waals surface area contributed by atoms with E-state index >= 15 is 0 Å². The van der Waals surface area contributed by atoms with Gasteiger partial charge in [0.1, 0.15) is 5.69 Å². The van der Waals surface area contributed by atoms with Gasteiger partial charge in [-0.25, -0.2) is 0 Å². The summed E-state index contributed by atoms with van der Waals surface area (Å²) in [5.74, 6) is 0.106. The maximum atomic E-state index is 12.7. The number of carbonyl (C=O) groups excluding carboxylic acids is 1. The highest BCUT2D eigenvalue weighted by Crippen LogP contribution is 2.21. The van der Waals surface area contributed by atoms with Crippen molar-refractivity contribution < 1.29 is 9.53 Å². The number of hydrogen-bond acceptors (Lipinski definition) is 2. The molecule has 1 aromatic rings. The lowest BCUT2D eigenvalue weighted by Gasteiger charge is -2.38. The van der Waals surface area contributed by atoms with Crippen molar-refractivity contribution in [3.05, 3.63) is 22.4 Å². The Morgan fingerprint density at radius 1 is 1.53 bits per heavy atom. The lowest BCUT2D eigenvalue weighted by Crippen LogP contribution is -2.51. The summed E-state index contributed by atoms with van der Waals surface area (Å²) in [6, 6.07) is 2.08. The van der Waals surface area contributed by atoms with Gasteiger partial charge in [-0.1, -0.05) is 6.92 Å². The molecule has 5 heteroatoms. The van der Waals surface area contributed by atoms with Gasteiger partial charge in [-0.3, -0.25) is 4.79 Å². The Kier molecular flexibility index (Phi) is 4.68. The van der Waals surface area contributed by atoms with E-state index in [1.165, 1.54) is 0 Å². The minimum absolute atomic E-state index is 0.106. The van der Waals surface area contributed by atoms with Crippen LogP contribution in [0, 0.1) is 0 Å². The summed E-state index contributed by atoms with van der Waals surface area (Å²) in [5, 5.41) is 0. The van der Waals surface area contributed by atoms with Crippen molar-refractivity contribution in [3.63, 3.8) is 0 Å². The number of hydrogen-bond donors (Lipinski definition) is 0. The summed E-state index contributed by atoms with van der Waals surface area (Å²) in [5.41, 5.74) is 0.752. The van der Waals surface area contributed by atoms with E-state index in [0.717, 1.165) is 23.1 Å². The molecule has 19 heavy (non-hydrogen) atoms. The van der Waals surface area contributed by atoms with Crippen molar-refractivity contribution in [1.82, 2.24) is 9.47 Å². The van der Waals surface area contributed by atoms with Gasteiger partial charge >= 0.3 is 0 Å². The van der Waals surface area contributed by atoms with Gasteiger partial charge in [0, 0.05) is 23.8 Å². The van der Waals surface area contributed by atoms with Gasteiger partial charge in [-0.2, -0.15) is 0 Å². The highest BCUT2D eigenvalue weighted by molar-refractivity contribution is 9.10. The Morgan fingerprint density at radius 3 is 2.89 bits per heavy atom. The fourth-order valence-corrected chi connectivity index (χ4v) is 2.96. The average molecular weight is 329 g/mol. The molecule has 2 heterocycles. The zero-order valence-corrected chi connectivity index (χ0v) is 13.3. The Balaban J connectivity index is 2.25. The SMILES string of the molecule is CCC1COC(C)CN1C(=O)c1cc(Br)cn1CC. The Bertz CT molecular complexity index is 458. The first-order valence-electron chi connectivity index (χ1n) is 6.85. The molecule has 1 saturated heterocycles. The van der Waals surface area contributed by atoms with Gasteiger partial charge in [0.2, 0.25) is 0 Å². The molecule has 0 aromatic carbocycles. The lowest BCUT2D eigenvalue weighted by molar-refractivity contribution is -0.0447. The summed E-state index contributed by atoms with van der Waals surface area (Å²) in [7, 11) is 0. The van der Waals surface area contributed by atoms with Crippen molar-refractivity contribution in [1.29, 1.82) is 0 Å². The monoisotopic (exact) mass is 328 g/mol. The van der Waals surface area contributed by atoms with Crippen molar-refractivity contribution >= 4 is 21.8 Å². The third-order valence-electron chi connectivity index (χ3n) is 3.62. The third kappa shape index (κ3) is 3.03. The van der Waals surface area contributed by atoms with Crippen molar-refractivity contribution in [2.24, 2.45) is 0 Å². The maximum absolute atomic E-state index is 12.7. The second kappa shape index (κ2) is 6.09. The topological polar surface area (TPSA) is 34.5 Å². The second-order valence-electron chi connectivity index (χ2n) is 4.99. The Hall–Kier alpha value is -0.810. The van der Waals surface area contributed by atoms with E-state index in [0.29, 0.717) is 13.2 Å². The van der Waals surface area contributed by atoms with Crippen LogP contribution in [0.25, 0.3) is 0 Å². The number of nitrogens with zero attached hydrogens (tertiary/aromatic N) is 2. The van der Waals surface area contributed by atoms with E-state index in [9.17, 15) is 4.79 Å². The standard InChI is InChI=1S/C14H21BrN2O2/c1-4-12-9-19-10(3)7-17(12)14(18)13-6-11(15)8-16(13)5-2/h6,8,10,12H,4-5,7,9H2,1-3H3. The molecule has 1 aromatic heterocycles. The quantitative estimate of drug-likeness (QED) is 0.855. The highest BCUT2D eigenvalue weighted by Gasteiger charge is 2.31. The zero-order chi connectivity index (χ0) is 14.0. The molecule has 0 spiro atoms. The molecule has 1 aliphatic heterocycles. The van der Waals surface area contributed by atoms with E-state index in [2.05, 4.69) is 22.9 Å².